The first-order valence-electron chi connectivity index (χ1n) is 7.40. The first kappa shape index (κ1) is 19.5. The van der Waals surface area contributed by atoms with Gasteiger partial charge in [0.05, 0.1) is 5.56 Å². The van der Waals surface area contributed by atoms with Crippen LogP contribution >= 0.6 is 28.1 Å². The lowest BCUT2D eigenvalue weighted by atomic mass is 10.2. The molecule has 26 heavy (non-hydrogen) atoms. The molecule has 3 amide bonds. The Morgan fingerprint density at radius 1 is 0.923 bits per heavy atom. The predicted molar refractivity (Wildman–Crippen MR) is 106 cm³/mol. The summed E-state index contributed by atoms with van der Waals surface area (Å²) in [5, 5.41) is 5.02. The molecule has 7 nitrogen and oxygen atoms in total. The number of carbonyl (C=O) groups is 3. The van der Waals surface area contributed by atoms with Gasteiger partial charge in [-0.05, 0) is 64.5 Å². The fourth-order valence-electron chi connectivity index (χ4n) is 1.94. The van der Waals surface area contributed by atoms with Crippen LogP contribution < -0.4 is 21.5 Å². The smallest absolute Gasteiger partial charge is 0.269 e. The molecule has 0 aromatic heterocycles. The van der Waals surface area contributed by atoms with Gasteiger partial charge in [-0.15, -0.1) is 0 Å². The van der Waals surface area contributed by atoms with Gasteiger partial charge < -0.3 is 5.32 Å². The molecular weight excluding hydrogens is 420 g/mol. The molecule has 2 rings (SSSR count). The number of anilines is 1. The van der Waals surface area contributed by atoms with Crippen molar-refractivity contribution in [2.45, 2.75) is 6.92 Å². The predicted octanol–water partition coefficient (Wildman–Crippen LogP) is 2.36. The van der Waals surface area contributed by atoms with Gasteiger partial charge in [0.1, 0.15) is 0 Å². The lowest BCUT2D eigenvalue weighted by molar-refractivity contribution is -0.114. The Kier molecular flexibility index (Phi) is 6.81. The number of rotatable bonds is 3. The van der Waals surface area contributed by atoms with E-state index < -0.39 is 11.8 Å². The lowest BCUT2D eigenvalue weighted by Gasteiger charge is -2.11. The molecule has 0 fully saturated rings. The molecule has 0 spiro atoms. The van der Waals surface area contributed by atoms with Gasteiger partial charge in [0.25, 0.3) is 11.8 Å². The standard InChI is InChI=1S/C17H15BrN4O3S/c1-10(23)19-12-8-6-11(7-9-12)15(24)21-22-17(26)20-16(25)13-4-2-3-5-14(13)18/h2-9H,1H3,(H,19,23)(H,21,24)(H2,20,22,25,26). The summed E-state index contributed by atoms with van der Waals surface area (Å²) in [6.07, 6.45) is 0. The average Bonchev–Trinajstić information content (AvgIpc) is 2.60. The number of amides is 3. The molecule has 0 heterocycles. The monoisotopic (exact) mass is 434 g/mol. The van der Waals surface area contributed by atoms with E-state index in [9.17, 15) is 14.4 Å². The van der Waals surface area contributed by atoms with Gasteiger partial charge in [0.15, 0.2) is 5.11 Å². The highest BCUT2D eigenvalue weighted by atomic mass is 79.9. The van der Waals surface area contributed by atoms with E-state index in [4.69, 9.17) is 12.2 Å². The number of carbonyl (C=O) groups excluding carboxylic acids is 3. The van der Waals surface area contributed by atoms with E-state index in [2.05, 4.69) is 37.4 Å². The molecule has 9 heteroatoms. The van der Waals surface area contributed by atoms with Crippen molar-refractivity contribution in [2.75, 3.05) is 5.32 Å². The number of thiocarbonyl (C=S) groups is 1. The maximum absolute atomic E-state index is 12.1. The van der Waals surface area contributed by atoms with Crippen LogP contribution in [0.15, 0.2) is 53.0 Å². The van der Waals surface area contributed by atoms with Crippen molar-refractivity contribution in [3.63, 3.8) is 0 Å². The van der Waals surface area contributed by atoms with Crippen LogP contribution in [0.5, 0.6) is 0 Å². The van der Waals surface area contributed by atoms with Crippen LogP contribution in [0.3, 0.4) is 0 Å². The minimum atomic E-state index is -0.447. The summed E-state index contributed by atoms with van der Waals surface area (Å²) < 4.78 is 0.628. The molecule has 0 atom stereocenters. The topological polar surface area (TPSA) is 99.3 Å². The molecule has 0 bridgehead atoms. The zero-order valence-corrected chi connectivity index (χ0v) is 16.0. The van der Waals surface area contributed by atoms with Crippen molar-refractivity contribution >= 4 is 56.7 Å². The van der Waals surface area contributed by atoms with Gasteiger partial charge in [-0.2, -0.15) is 0 Å². The molecule has 0 saturated heterocycles. The maximum Gasteiger partial charge on any atom is 0.269 e. The number of benzene rings is 2. The summed E-state index contributed by atoms with van der Waals surface area (Å²) in [5.41, 5.74) is 6.20. The maximum atomic E-state index is 12.1. The molecule has 0 saturated carbocycles. The van der Waals surface area contributed by atoms with Crippen LogP contribution in [0.25, 0.3) is 0 Å². The second kappa shape index (κ2) is 9.07. The third kappa shape index (κ3) is 5.64. The van der Waals surface area contributed by atoms with E-state index in [0.717, 1.165) is 0 Å². The minimum absolute atomic E-state index is 0.0473. The van der Waals surface area contributed by atoms with E-state index in [1.807, 2.05) is 0 Å². The van der Waals surface area contributed by atoms with Gasteiger partial charge in [-0.3, -0.25) is 30.6 Å². The quantitative estimate of drug-likeness (QED) is 0.438. The molecule has 0 unspecified atom stereocenters. The number of nitrogens with one attached hydrogen (secondary N) is 4. The van der Waals surface area contributed by atoms with Crippen molar-refractivity contribution < 1.29 is 14.4 Å². The fourth-order valence-corrected chi connectivity index (χ4v) is 2.55. The van der Waals surface area contributed by atoms with Crippen LogP contribution in [-0.2, 0) is 4.79 Å². The summed E-state index contributed by atoms with van der Waals surface area (Å²) in [7, 11) is 0. The van der Waals surface area contributed by atoms with Crippen LogP contribution in [-0.4, -0.2) is 22.8 Å². The van der Waals surface area contributed by atoms with E-state index >= 15 is 0 Å². The second-order valence-corrected chi connectivity index (χ2v) is 6.36. The van der Waals surface area contributed by atoms with E-state index in [1.54, 1.807) is 48.5 Å². The summed E-state index contributed by atoms with van der Waals surface area (Å²) in [6.45, 7) is 1.40. The van der Waals surface area contributed by atoms with Crippen LogP contribution in [0.2, 0.25) is 0 Å². The van der Waals surface area contributed by atoms with Crippen molar-refractivity contribution in [1.82, 2.24) is 16.2 Å². The van der Waals surface area contributed by atoms with Crippen LogP contribution in [0.1, 0.15) is 27.6 Å². The average molecular weight is 435 g/mol. The Morgan fingerprint density at radius 3 is 2.19 bits per heavy atom. The molecule has 0 aliphatic heterocycles. The molecule has 2 aromatic carbocycles. The SMILES string of the molecule is CC(=O)Nc1ccc(C(=O)NNC(=S)NC(=O)c2ccccc2Br)cc1. The molecule has 2 aromatic rings. The van der Waals surface area contributed by atoms with E-state index in [-0.39, 0.29) is 11.0 Å². The van der Waals surface area contributed by atoms with Gasteiger partial charge in [-0.1, -0.05) is 12.1 Å². The molecule has 0 radical (unpaired) electrons. The lowest BCUT2D eigenvalue weighted by Crippen LogP contribution is -2.48. The highest BCUT2D eigenvalue weighted by Crippen LogP contribution is 2.15. The van der Waals surface area contributed by atoms with Gasteiger partial charge >= 0.3 is 0 Å². The van der Waals surface area contributed by atoms with Gasteiger partial charge in [0.2, 0.25) is 5.91 Å². The number of hydrogen-bond acceptors (Lipinski definition) is 4. The highest BCUT2D eigenvalue weighted by Gasteiger charge is 2.12. The first-order chi connectivity index (χ1) is 12.4. The number of halogens is 1. The highest BCUT2D eigenvalue weighted by molar-refractivity contribution is 9.10. The number of hydrogen-bond donors (Lipinski definition) is 4. The van der Waals surface area contributed by atoms with Crippen molar-refractivity contribution in [1.29, 1.82) is 0 Å². The van der Waals surface area contributed by atoms with Crippen molar-refractivity contribution in [3.8, 4) is 0 Å². The largest absolute Gasteiger partial charge is 0.326 e. The first-order valence-corrected chi connectivity index (χ1v) is 8.61. The Labute approximate surface area is 163 Å². The van der Waals surface area contributed by atoms with E-state index in [0.29, 0.717) is 21.3 Å². The normalized spacial score (nSPS) is 9.77. The third-order valence-corrected chi connectivity index (χ3v) is 4.00. The van der Waals surface area contributed by atoms with Crippen LogP contribution in [0.4, 0.5) is 5.69 Å². The second-order valence-electron chi connectivity index (χ2n) is 5.10. The third-order valence-electron chi connectivity index (χ3n) is 3.10. The fraction of sp³-hybridized carbons (Fsp3) is 0.0588. The molecular formula is C17H15BrN4O3S. The number of hydrazine groups is 1. The zero-order chi connectivity index (χ0) is 19.1. The summed E-state index contributed by atoms with van der Waals surface area (Å²) >= 11 is 8.27. The Morgan fingerprint density at radius 2 is 1.58 bits per heavy atom. The van der Waals surface area contributed by atoms with Crippen molar-refractivity contribution in [3.05, 3.63) is 64.1 Å². The Bertz CT molecular complexity index is 855. The molecule has 0 aliphatic rings. The van der Waals surface area contributed by atoms with Crippen molar-refractivity contribution in [2.24, 2.45) is 0 Å². The molecule has 4 N–H and O–H groups in total. The van der Waals surface area contributed by atoms with Crippen LogP contribution in [0, 0.1) is 0 Å². The summed E-state index contributed by atoms with van der Waals surface area (Å²) in [5.74, 6) is -1.06. The van der Waals surface area contributed by atoms with Gasteiger partial charge in [0, 0.05) is 22.6 Å². The summed E-state index contributed by atoms with van der Waals surface area (Å²) in [6, 6.07) is 13.2. The Hall–Kier alpha value is -2.78. The zero-order valence-electron chi connectivity index (χ0n) is 13.6. The van der Waals surface area contributed by atoms with E-state index in [1.165, 1.54) is 6.92 Å². The molecule has 0 aliphatic carbocycles. The Balaban J connectivity index is 1.86. The minimum Gasteiger partial charge on any atom is -0.326 e. The summed E-state index contributed by atoms with van der Waals surface area (Å²) in [4.78, 5) is 35.1. The van der Waals surface area contributed by atoms with Gasteiger partial charge in [-0.25, -0.2) is 0 Å². The molecule has 134 valence electrons.